The lowest BCUT2D eigenvalue weighted by molar-refractivity contribution is -0.384. The van der Waals surface area contributed by atoms with Crippen molar-refractivity contribution in [1.29, 1.82) is 0 Å². The molecule has 1 aromatic heterocycles. The molecule has 2 amide bonds. The van der Waals surface area contributed by atoms with Crippen LogP contribution in [0.5, 0.6) is 0 Å². The van der Waals surface area contributed by atoms with Crippen molar-refractivity contribution in [2.24, 2.45) is 0 Å². The monoisotopic (exact) mass is 475 g/mol. The van der Waals surface area contributed by atoms with Crippen LogP contribution < -0.4 is 16.0 Å². The molecule has 0 radical (unpaired) electrons. The molecular formula is C24H21N5O6. The minimum atomic E-state index is -1.23. The number of nitro benzene ring substituents is 1. The first-order valence-electron chi connectivity index (χ1n) is 10.4. The first-order chi connectivity index (χ1) is 16.8. The molecule has 0 saturated carbocycles. The third-order valence-corrected chi connectivity index (χ3v) is 5.39. The number of pyridine rings is 1. The smallest absolute Gasteiger partial charge is 0.411 e. The number of nitrogens with zero attached hydrogens (tertiary/aromatic N) is 2. The summed E-state index contributed by atoms with van der Waals surface area (Å²) in [5, 5.41) is 31.5. The molecule has 35 heavy (non-hydrogen) atoms. The minimum absolute atomic E-state index is 0.158. The highest BCUT2D eigenvalue weighted by molar-refractivity contribution is 6.14. The number of para-hydroxylation sites is 1. The zero-order valence-electron chi connectivity index (χ0n) is 18.7. The van der Waals surface area contributed by atoms with Gasteiger partial charge in [0.25, 0.3) is 11.6 Å². The third kappa shape index (κ3) is 4.66. The highest BCUT2D eigenvalue weighted by atomic mass is 16.6. The van der Waals surface area contributed by atoms with Crippen LogP contribution in [0.2, 0.25) is 0 Å². The maximum Gasteiger partial charge on any atom is 0.411 e. The number of nitrogens with one attached hydrogen (secondary N) is 3. The Morgan fingerprint density at radius 2 is 1.86 bits per heavy atom. The summed E-state index contributed by atoms with van der Waals surface area (Å²) in [5.41, 5.74) is 1.99. The molecule has 0 spiro atoms. The standard InChI is InChI=1S/C24H21N5O6/c1-25-23(31)18-8-4-7-17-20(16-10-9-15(29(33)34)12-19(16)27-21(17)18)28-22(30)13-5-3-6-14(11-13)26-24(32)35-2/h3-12,22,30H,1-2H3,(H,25,31)(H,26,32)(H,27,28). The minimum Gasteiger partial charge on any atom is -0.453 e. The van der Waals surface area contributed by atoms with Gasteiger partial charge in [-0.25, -0.2) is 9.78 Å². The number of aliphatic hydroxyl groups is 1. The van der Waals surface area contributed by atoms with Crippen LogP contribution in [-0.2, 0) is 4.74 Å². The van der Waals surface area contributed by atoms with Gasteiger partial charge in [0.05, 0.1) is 34.3 Å². The summed E-state index contributed by atoms with van der Waals surface area (Å²) in [7, 11) is 2.73. The van der Waals surface area contributed by atoms with Crippen LogP contribution in [0.4, 0.5) is 21.9 Å². The number of carbonyl (C=O) groups excluding carboxylic acids is 2. The van der Waals surface area contributed by atoms with E-state index in [0.717, 1.165) is 0 Å². The number of methoxy groups -OCH3 is 1. The van der Waals surface area contributed by atoms with Gasteiger partial charge < -0.3 is 20.5 Å². The molecule has 11 nitrogen and oxygen atoms in total. The van der Waals surface area contributed by atoms with E-state index >= 15 is 0 Å². The lowest BCUT2D eigenvalue weighted by atomic mass is 10.0. The van der Waals surface area contributed by atoms with Crippen LogP contribution in [-0.4, -0.2) is 41.2 Å². The average Bonchev–Trinajstić information content (AvgIpc) is 2.87. The number of nitro groups is 1. The Morgan fingerprint density at radius 1 is 1.09 bits per heavy atom. The lowest BCUT2D eigenvalue weighted by Gasteiger charge is -2.19. The molecule has 0 aliphatic heterocycles. The van der Waals surface area contributed by atoms with Gasteiger partial charge in [-0.2, -0.15) is 0 Å². The maximum atomic E-state index is 12.5. The number of fused-ring (bicyclic) bond motifs is 2. The highest BCUT2D eigenvalue weighted by Gasteiger charge is 2.19. The number of amides is 2. The molecule has 0 aliphatic rings. The number of hydrogen-bond donors (Lipinski definition) is 4. The zero-order chi connectivity index (χ0) is 25.1. The molecule has 4 rings (SSSR count). The second-order valence-corrected chi connectivity index (χ2v) is 7.52. The van der Waals surface area contributed by atoms with Crippen molar-refractivity contribution in [2.75, 3.05) is 24.8 Å². The summed E-state index contributed by atoms with van der Waals surface area (Å²) < 4.78 is 4.60. The normalized spacial score (nSPS) is 11.6. The molecule has 1 atom stereocenters. The number of ether oxygens (including phenoxy) is 1. The first kappa shape index (κ1) is 23.4. The van der Waals surface area contributed by atoms with Gasteiger partial charge in [0.2, 0.25) is 0 Å². The summed E-state index contributed by atoms with van der Waals surface area (Å²) in [6.45, 7) is 0. The number of aromatic nitrogens is 1. The maximum absolute atomic E-state index is 12.5. The molecule has 0 saturated heterocycles. The van der Waals surface area contributed by atoms with E-state index in [1.54, 1.807) is 42.5 Å². The van der Waals surface area contributed by atoms with Crippen LogP contribution in [0.15, 0.2) is 60.7 Å². The Balaban J connectivity index is 1.86. The van der Waals surface area contributed by atoms with E-state index in [1.807, 2.05) is 0 Å². The molecule has 0 bridgehead atoms. The topological polar surface area (TPSA) is 156 Å². The molecule has 4 N–H and O–H groups in total. The fourth-order valence-corrected chi connectivity index (χ4v) is 3.72. The van der Waals surface area contributed by atoms with Gasteiger partial charge in [-0.05, 0) is 24.3 Å². The highest BCUT2D eigenvalue weighted by Crippen LogP contribution is 2.36. The Kier molecular flexibility index (Phi) is 6.42. The number of non-ortho nitro benzene ring substituents is 1. The molecule has 3 aromatic carbocycles. The molecule has 178 valence electrons. The fraction of sp³-hybridized carbons (Fsp3) is 0.125. The number of hydrogen-bond acceptors (Lipinski definition) is 8. The largest absolute Gasteiger partial charge is 0.453 e. The number of carbonyl (C=O) groups is 2. The van der Waals surface area contributed by atoms with Crippen LogP contribution in [0, 0.1) is 10.1 Å². The van der Waals surface area contributed by atoms with Crippen LogP contribution in [0.25, 0.3) is 21.8 Å². The van der Waals surface area contributed by atoms with Crippen molar-refractivity contribution in [3.8, 4) is 0 Å². The summed E-state index contributed by atoms with van der Waals surface area (Å²) in [6.07, 6.45) is -1.89. The molecule has 4 aromatic rings. The molecular weight excluding hydrogens is 454 g/mol. The number of anilines is 2. The summed E-state index contributed by atoms with van der Waals surface area (Å²) >= 11 is 0. The van der Waals surface area contributed by atoms with Gasteiger partial charge in [-0.15, -0.1) is 0 Å². The SMILES string of the molecule is CNC(=O)c1cccc2c(NC(O)c3cccc(NC(=O)OC)c3)c3ccc([N+](=O)[O-])cc3nc12. The van der Waals surface area contributed by atoms with Crippen molar-refractivity contribution in [1.82, 2.24) is 10.3 Å². The van der Waals surface area contributed by atoms with Crippen molar-refractivity contribution < 1.29 is 24.4 Å². The van der Waals surface area contributed by atoms with Crippen LogP contribution in [0.3, 0.4) is 0 Å². The predicted molar refractivity (Wildman–Crippen MR) is 130 cm³/mol. The Morgan fingerprint density at radius 3 is 2.57 bits per heavy atom. The van der Waals surface area contributed by atoms with Gasteiger partial charge in [-0.3, -0.25) is 20.2 Å². The van der Waals surface area contributed by atoms with E-state index in [2.05, 4.69) is 25.7 Å². The molecule has 0 aliphatic carbocycles. The number of rotatable bonds is 6. The number of benzene rings is 3. The molecule has 11 heteroatoms. The van der Waals surface area contributed by atoms with Gasteiger partial charge in [0.15, 0.2) is 6.23 Å². The van der Waals surface area contributed by atoms with E-state index in [0.29, 0.717) is 33.2 Å². The van der Waals surface area contributed by atoms with Crippen molar-refractivity contribution >= 4 is 50.9 Å². The lowest BCUT2D eigenvalue weighted by Crippen LogP contribution is -2.18. The van der Waals surface area contributed by atoms with E-state index in [4.69, 9.17) is 0 Å². The Hall–Kier alpha value is -4.77. The predicted octanol–water partition coefficient (Wildman–Crippen LogP) is 3.94. The van der Waals surface area contributed by atoms with Crippen molar-refractivity contribution in [3.63, 3.8) is 0 Å². The van der Waals surface area contributed by atoms with E-state index in [1.165, 1.54) is 32.4 Å². The third-order valence-electron chi connectivity index (χ3n) is 5.39. The molecule has 0 fully saturated rings. The fourth-order valence-electron chi connectivity index (χ4n) is 3.72. The quantitative estimate of drug-likeness (QED) is 0.141. The average molecular weight is 475 g/mol. The van der Waals surface area contributed by atoms with Gasteiger partial charge in [0, 0.05) is 41.2 Å². The Labute approximate surface area is 198 Å². The zero-order valence-corrected chi connectivity index (χ0v) is 18.7. The van der Waals surface area contributed by atoms with E-state index in [9.17, 15) is 24.8 Å². The second kappa shape index (κ2) is 9.61. The summed E-state index contributed by atoms with van der Waals surface area (Å²) in [6, 6.07) is 15.7. The van der Waals surface area contributed by atoms with E-state index in [-0.39, 0.29) is 22.7 Å². The van der Waals surface area contributed by atoms with E-state index < -0.39 is 17.2 Å². The molecule has 1 heterocycles. The Bertz CT molecular complexity index is 1470. The summed E-state index contributed by atoms with van der Waals surface area (Å²) in [5.74, 6) is -0.374. The van der Waals surface area contributed by atoms with Crippen molar-refractivity contribution in [3.05, 3.63) is 81.9 Å². The van der Waals surface area contributed by atoms with Crippen LogP contribution >= 0.6 is 0 Å². The first-order valence-corrected chi connectivity index (χ1v) is 10.4. The number of aliphatic hydroxyl groups excluding tert-OH is 1. The van der Waals surface area contributed by atoms with Gasteiger partial charge in [-0.1, -0.05) is 24.3 Å². The van der Waals surface area contributed by atoms with Crippen molar-refractivity contribution in [2.45, 2.75) is 6.23 Å². The molecule has 1 unspecified atom stereocenters. The van der Waals surface area contributed by atoms with Gasteiger partial charge >= 0.3 is 6.09 Å². The second-order valence-electron chi connectivity index (χ2n) is 7.52. The van der Waals surface area contributed by atoms with Crippen LogP contribution in [0.1, 0.15) is 22.1 Å². The summed E-state index contributed by atoms with van der Waals surface area (Å²) in [4.78, 5) is 39.3. The van der Waals surface area contributed by atoms with Gasteiger partial charge in [0.1, 0.15) is 0 Å².